The predicted octanol–water partition coefficient (Wildman–Crippen LogP) is 2.47. The number of nitrogens with one attached hydrogen (secondary N) is 1. The third kappa shape index (κ3) is 6.81. The van der Waals surface area contributed by atoms with Crippen LogP contribution in [0.4, 0.5) is 0 Å². The summed E-state index contributed by atoms with van der Waals surface area (Å²) >= 11 is 0. The number of nitriles is 1. The van der Waals surface area contributed by atoms with Crippen LogP contribution in [0.2, 0.25) is 0 Å². The molecule has 0 aromatic heterocycles. The topological polar surface area (TPSA) is 45.0 Å². The zero-order valence-corrected chi connectivity index (χ0v) is 10.8. The van der Waals surface area contributed by atoms with E-state index in [0.29, 0.717) is 18.1 Å². The molecule has 1 atom stereocenters. The fourth-order valence-corrected chi connectivity index (χ4v) is 1.40. The van der Waals surface area contributed by atoms with Crippen molar-refractivity contribution in [2.24, 2.45) is 5.41 Å². The molecule has 1 saturated carbocycles. The quantitative estimate of drug-likeness (QED) is 0.676. The molecule has 0 heterocycles. The SMILES string of the molecule is CC(C)(C)CCOCCC(C#N)NC1CC1. The second-order valence-electron chi connectivity index (χ2n) is 5.83. The van der Waals surface area contributed by atoms with Crippen LogP contribution in [0.25, 0.3) is 0 Å². The molecule has 0 bridgehead atoms. The molecule has 1 fully saturated rings. The summed E-state index contributed by atoms with van der Waals surface area (Å²) in [4.78, 5) is 0. The van der Waals surface area contributed by atoms with Gasteiger partial charge in [0.1, 0.15) is 0 Å². The molecule has 16 heavy (non-hydrogen) atoms. The zero-order valence-electron chi connectivity index (χ0n) is 10.8. The maximum atomic E-state index is 8.92. The monoisotopic (exact) mass is 224 g/mol. The fraction of sp³-hybridized carbons (Fsp3) is 0.923. The lowest BCUT2D eigenvalue weighted by Crippen LogP contribution is -2.30. The second-order valence-corrected chi connectivity index (χ2v) is 5.83. The van der Waals surface area contributed by atoms with E-state index in [0.717, 1.165) is 19.4 Å². The lowest BCUT2D eigenvalue weighted by atomic mass is 9.93. The Hall–Kier alpha value is -0.590. The van der Waals surface area contributed by atoms with Gasteiger partial charge in [-0.25, -0.2) is 0 Å². The van der Waals surface area contributed by atoms with Crippen LogP contribution in [-0.2, 0) is 4.74 Å². The van der Waals surface area contributed by atoms with Crippen molar-refractivity contribution in [1.82, 2.24) is 5.32 Å². The highest BCUT2D eigenvalue weighted by atomic mass is 16.5. The molecular weight excluding hydrogens is 200 g/mol. The van der Waals surface area contributed by atoms with Crippen molar-refractivity contribution in [3.05, 3.63) is 0 Å². The Labute approximate surface area is 99.2 Å². The lowest BCUT2D eigenvalue weighted by molar-refractivity contribution is 0.103. The number of rotatable bonds is 7. The average Bonchev–Trinajstić information content (AvgIpc) is 2.97. The van der Waals surface area contributed by atoms with Gasteiger partial charge >= 0.3 is 0 Å². The standard InChI is InChI=1S/C13H24N2O/c1-13(2,3)7-9-16-8-6-12(10-14)15-11-4-5-11/h11-12,15H,4-9H2,1-3H3. The first-order valence-electron chi connectivity index (χ1n) is 6.25. The van der Waals surface area contributed by atoms with E-state index in [9.17, 15) is 0 Å². The highest BCUT2D eigenvalue weighted by Gasteiger charge is 2.24. The molecular formula is C13H24N2O. The molecule has 0 amide bonds. The van der Waals surface area contributed by atoms with Gasteiger partial charge in [0.25, 0.3) is 0 Å². The van der Waals surface area contributed by atoms with Gasteiger partial charge in [-0.3, -0.25) is 5.32 Å². The van der Waals surface area contributed by atoms with Crippen LogP contribution in [0, 0.1) is 16.7 Å². The van der Waals surface area contributed by atoms with Gasteiger partial charge in [0.15, 0.2) is 0 Å². The molecule has 0 aromatic rings. The molecule has 1 N–H and O–H groups in total. The molecule has 0 spiro atoms. The van der Waals surface area contributed by atoms with E-state index in [1.54, 1.807) is 0 Å². The Balaban J connectivity index is 1.98. The van der Waals surface area contributed by atoms with Crippen LogP contribution < -0.4 is 5.32 Å². The van der Waals surface area contributed by atoms with Crippen LogP contribution in [0.3, 0.4) is 0 Å². The Bertz CT molecular complexity index is 235. The summed E-state index contributed by atoms with van der Waals surface area (Å²) in [5.41, 5.74) is 0.334. The van der Waals surface area contributed by atoms with E-state index in [4.69, 9.17) is 10.00 Å². The summed E-state index contributed by atoms with van der Waals surface area (Å²) in [6.07, 6.45) is 4.32. The van der Waals surface area contributed by atoms with Gasteiger partial charge in [-0.1, -0.05) is 20.8 Å². The minimum atomic E-state index is -0.0258. The smallest absolute Gasteiger partial charge is 0.0977 e. The Morgan fingerprint density at radius 3 is 2.56 bits per heavy atom. The molecule has 1 aliphatic rings. The highest BCUT2D eigenvalue weighted by Crippen LogP contribution is 2.20. The largest absolute Gasteiger partial charge is 0.381 e. The second kappa shape index (κ2) is 6.22. The first-order chi connectivity index (χ1) is 7.51. The Morgan fingerprint density at radius 2 is 2.06 bits per heavy atom. The van der Waals surface area contributed by atoms with Crippen LogP contribution in [0.15, 0.2) is 0 Å². The highest BCUT2D eigenvalue weighted by molar-refractivity contribution is 4.95. The van der Waals surface area contributed by atoms with Gasteiger partial charge in [-0.05, 0) is 31.1 Å². The maximum Gasteiger partial charge on any atom is 0.0977 e. The zero-order chi connectivity index (χ0) is 12.0. The Morgan fingerprint density at radius 1 is 1.38 bits per heavy atom. The van der Waals surface area contributed by atoms with Crippen molar-refractivity contribution in [3.63, 3.8) is 0 Å². The molecule has 0 radical (unpaired) electrons. The summed E-state index contributed by atoms with van der Waals surface area (Å²) < 4.78 is 5.55. The average molecular weight is 224 g/mol. The number of hydrogen-bond donors (Lipinski definition) is 1. The van der Waals surface area contributed by atoms with Crippen molar-refractivity contribution in [1.29, 1.82) is 5.26 Å². The maximum absolute atomic E-state index is 8.92. The Kier molecular flexibility index (Phi) is 5.24. The third-order valence-corrected chi connectivity index (χ3v) is 2.72. The summed E-state index contributed by atoms with van der Waals surface area (Å²) in [5.74, 6) is 0. The minimum Gasteiger partial charge on any atom is -0.381 e. The molecule has 1 unspecified atom stereocenters. The number of ether oxygens (including phenoxy) is 1. The summed E-state index contributed by atoms with van der Waals surface area (Å²) in [6, 6.07) is 2.86. The number of nitrogens with zero attached hydrogens (tertiary/aromatic N) is 1. The lowest BCUT2D eigenvalue weighted by Gasteiger charge is -2.18. The van der Waals surface area contributed by atoms with Gasteiger partial charge < -0.3 is 4.74 Å². The van der Waals surface area contributed by atoms with Crippen LogP contribution in [0.1, 0.15) is 46.5 Å². The van der Waals surface area contributed by atoms with E-state index in [1.807, 2.05) is 0 Å². The van der Waals surface area contributed by atoms with Crippen LogP contribution >= 0.6 is 0 Å². The molecule has 0 aliphatic heterocycles. The molecule has 0 aromatic carbocycles. The fourth-order valence-electron chi connectivity index (χ4n) is 1.40. The molecule has 92 valence electrons. The van der Waals surface area contributed by atoms with E-state index in [1.165, 1.54) is 12.8 Å². The molecule has 3 heteroatoms. The summed E-state index contributed by atoms with van der Waals surface area (Å²) in [7, 11) is 0. The normalized spacial score (nSPS) is 18.1. The first kappa shape index (κ1) is 13.5. The van der Waals surface area contributed by atoms with E-state index >= 15 is 0 Å². The van der Waals surface area contributed by atoms with Gasteiger partial charge in [0.05, 0.1) is 12.1 Å². The minimum absolute atomic E-state index is 0.0258. The van der Waals surface area contributed by atoms with Crippen LogP contribution in [0.5, 0.6) is 0 Å². The van der Waals surface area contributed by atoms with Gasteiger partial charge in [-0.2, -0.15) is 5.26 Å². The van der Waals surface area contributed by atoms with Gasteiger partial charge in [0, 0.05) is 19.3 Å². The predicted molar refractivity (Wildman–Crippen MR) is 65.1 cm³/mol. The van der Waals surface area contributed by atoms with Crippen molar-refractivity contribution in [2.75, 3.05) is 13.2 Å². The van der Waals surface area contributed by atoms with Crippen molar-refractivity contribution < 1.29 is 4.74 Å². The van der Waals surface area contributed by atoms with Crippen molar-refractivity contribution in [2.45, 2.75) is 58.5 Å². The van der Waals surface area contributed by atoms with Crippen molar-refractivity contribution >= 4 is 0 Å². The first-order valence-corrected chi connectivity index (χ1v) is 6.25. The summed E-state index contributed by atoms with van der Waals surface area (Å²) in [6.45, 7) is 8.12. The third-order valence-electron chi connectivity index (χ3n) is 2.72. The molecule has 0 saturated heterocycles. The number of hydrogen-bond acceptors (Lipinski definition) is 3. The van der Waals surface area contributed by atoms with E-state index in [2.05, 4.69) is 32.2 Å². The van der Waals surface area contributed by atoms with Gasteiger partial charge in [-0.15, -0.1) is 0 Å². The van der Waals surface area contributed by atoms with Gasteiger partial charge in [0.2, 0.25) is 0 Å². The van der Waals surface area contributed by atoms with Crippen LogP contribution in [-0.4, -0.2) is 25.3 Å². The molecule has 3 nitrogen and oxygen atoms in total. The van der Waals surface area contributed by atoms with Crippen molar-refractivity contribution in [3.8, 4) is 6.07 Å². The summed E-state index contributed by atoms with van der Waals surface area (Å²) in [5, 5.41) is 12.2. The van der Waals surface area contributed by atoms with E-state index in [-0.39, 0.29) is 6.04 Å². The van der Waals surface area contributed by atoms with E-state index < -0.39 is 0 Å². The molecule has 1 aliphatic carbocycles. The molecule has 1 rings (SSSR count).